The van der Waals surface area contributed by atoms with Crippen LogP contribution in [0.5, 0.6) is 0 Å². The predicted molar refractivity (Wildman–Crippen MR) is 173 cm³/mol. The Labute approximate surface area is 283 Å². The van der Waals surface area contributed by atoms with Gasteiger partial charge in [-0.2, -0.15) is 0 Å². The van der Waals surface area contributed by atoms with Crippen molar-refractivity contribution in [2.24, 2.45) is 33.7 Å². The van der Waals surface area contributed by atoms with Crippen LogP contribution in [0.15, 0.2) is 4.99 Å². The van der Waals surface area contributed by atoms with Gasteiger partial charge in [-0.15, -0.1) is 0 Å². The van der Waals surface area contributed by atoms with Gasteiger partial charge in [-0.05, 0) is 58.3 Å². The van der Waals surface area contributed by atoms with Crippen LogP contribution < -0.4 is 44.6 Å². The van der Waals surface area contributed by atoms with Crippen LogP contribution in [0.3, 0.4) is 0 Å². The first-order chi connectivity index (χ1) is 23.0. The van der Waals surface area contributed by atoms with Gasteiger partial charge in [0, 0.05) is 32.5 Å². The van der Waals surface area contributed by atoms with Gasteiger partial charge >= 0.3 is 5.97 Å². The minimum Gasteiger partial charge on any atom is -0.480 e. The van der Waals surface area contributed by atoms with Gasteiger partial charge in [-0.1, -0.05) is 0 Å². The highest BCUT2D eigenvalue weighted by Gasteiger charge is 2.44. The molecule has 14 N–H and O–H groups in total. The molecule has 0 bridgehead atoms. The van der Waals surface area contributed by atoms with Gasteiger partial charge in [0.15, 0.2) is 5.96 Å². The third kappa shape index (κ3) is 12.5. The Morgan fingerprint density at radius 1 is 0.776 bits per heavy atom. The molecular formula is C29H49N11O9. The van der Waals surface area contributed by atoms with E-state index in [4.69, 9.17) is 28.7 Å². The highest BCUT2D eigenvalue weighted by molar-refractivity contribution is 5.97. The van der Waals surface area contributed by atoms with Gasteiger partial charge in [-0.3, -0.25) is 38.6 Å². The number of aliphatic carboxylic acids is 1. The van der Waals surface area contributed by atoms with Gasteiger partial charge in [0.1, 0.15) is 30.2 Å². The van der Waals surface area contributed by atoms with Crippen LogP contribution >= 0.6 is 0 Å². The molecule has 6 atom stereocenters. The normalized spacial score (nSPS) is 19.6. The molecule has 2 aliphatic rings. The van der Waals surface area contributed by atoms with E-state index in [-0.39, 0.29) is 70.5 Å². The number of guanidine groups is 1. The number of nitrogens with two attached hydrogens (primary N) is 5. The quantitative estimate of drug-likeness (QED) is 0.0350. The summed E-state index contributed by atoms with van der Waals surface area (Å²) in [5, 5.41) is 16.9. The Balaban J connectivity index is 2.11. The van der Waals surface area contributed by atoms with E-state index >= 15 is 0 Å². The van der Waals surface area contributed by atoms with Crippen molar-refractivity contribution in [1.29, 1.82) is 0 Å². The standard InChI is InChI=1S/C29H49N11O9/c1-15(36-24(44)16(30)5-2-12-35-29(33)34)23(43)37-17(8-10-21(31)41)26(46)40-14-4-7-20(40)27(47)39-13-3-6-19(39)25(45)38-18(28(48)49)9-11-22(32)42/h15-20H,2-14,30H2,1H3,(H2,31,41)(H2,32,42)(H,36,44)(H,37,43)(H,38,45)(H,48,49)(H4,33,34,35)/t15-,16-,17-,18-,19-,20-/m0/s1. The van der Waals surface area contributed by atoms with Crippen LogP contribution in [0.25, 0.3) is 0 Å². The van der Waals surface area contributed by atoms with Gasteiger partial charge < -0.3 is 59.5 Å². The summed E-state index contributed by atoms with van der Waals surface area (Å²) >= 11 is 0. The SMILES string of the molecule is C[C@H](NC(=O)[C@@H](N)CCCN=C(N)N)C(=O)N[C@@H](CCC(N)=O)C(=O)N1CCC[C@H]1C(=O)N1CCC[C@H]1C(=O)N[C@@H](CCC(N)=O)C(=O)O. The Kier molecular flexibility index (Phi) is 15.7. The number of rotatable bonds is 19. The average molecular weight is 696 g/mol. The minimum atomic E-state index is -1.39. The van der Waals surface area contributed by atoms with Crippen molar-refractivity contribution < 1.29 is 43.5 Å². The van der Waals surface area contributed by atoms with Crippen molar-refractivity contribution >= 4 is 53.3 Å². The molecule has 20 heteroatoms. The van der Waals surface area contributed by atoms with E-state index in [1.165, 1.54) is 16.7 Å². The number of hydrogen-bond acceptors (Lipinski definition) is 10. The van der Waals surface area contributed by atoms with Crippen LogP contribution in [0.2, 0.25) is 0 Å². The maximum absolute atomic E-state index is 13.8. The van der Waals surface area contributed by atoms with Gasteiger partial charge in [-0.25, -0.2) is 4.79 Å². The highest BCUT2D eigenvalue weighted by atomic mass is 16.4. The number of nitrogens with one attached hydrogen (secondary N) is 3. The lowest BCUT2D eigenvalue weighted by molar-refractivity contribution is -0.149. The first-order valence-electron chi connectivity index (χ1n) is 16.2. The van der Waals surface area contributed by atoms with Crippen LogP contribution in [-0.2, 0) is 38.4 Å². The van der Waals surface area contributed by atoms with Gasteiger partial charge in [0.25, 0.3) is 0 Å². The molecule has 2 fully saturated rings. The maximum Gasteiger partial charge on any atom is 0.326 e. The summed E-state index contributed by atoms with van der Waals surface area (Å²) < 4.78 is 0. The second kappa shape index (κ2) is 19.1. The van der Waals surface area contributed by atoms with E-state index in [0.717, 1.165) is 0 Å². The topological polar surface area (TPSA) is 342 Å². The third-order valence-electron chi connectivity index (χ3n) is 8.30. The molecule has 2 aliphatic heterocycles. The molecule has 20 nitrogen and oxygen atoms in total. The predicted octanol–water partition coefficient (Wildman–Crippen LogP) is -4.56. The number of aliphatic imine (C=N–C) groups is 1. The molecule has 274 valence electrons. The number of hydrogen-bond donors (Lipinski definition) is 9. The summed E-state index contributed by atoms with van der Waals surface area (Å²) in [5.41, 5.74) is 26.9. The Hall–Kier alpha value is -5.01. The lowest BCUT2D eigenvalue weighted by Crippen LogP contribution is -2.58. The lowest BCUT2D eigenvalue weighted by Gasteiger charge is -2.33. The number of carbonyl (C=O) groups excluding carboxylic acids is 7. The number of likely N-dealkylation sites (tertiary alicyclic amines) is 2. The second-order valence-corrected chi connectivity index (χ2v) is 12.1. The molecule has 2 saturated heterocycles. The van der Waals surface area contributed by atoms with Crippen molar-refractivity contribution in [3.05, 3.63) is 0 Å². The second-order valence-electron chi connectivity index (χ2n) is 12.1. The number of carboxylic acid groups (broad SMARTS) is 1. The Bertz CT molecular complexity index is 1290. The lowest BCUT2D eigenvalue weighted by atomic mass is 10.1. The van der Waals surface area contributed by atoms with E-state index in [9.17, 15) is 43.5 Å². The average Bonchev–Trinajstić information content (AvgIpc) is 3.72. The van der Waals surface area contributed by atoms with Gasteiger partial charge in [0.05, 0.1) is 6.04 Å². The first kappa shape index (κ1) is 40.2. The fourth-order valence-electron chi connectivity index (χ4n) is 5.67. The summed E-state index contributed by atoms with van der Waals surface area (Å²) in [5.74, 6) is -6.17. The van der Waals surface area contributed by atoms with Crippen molar-refractivity contribution in [2.45, 2.75) is 107 Å². The van der Waals surface area contributed by atoms with Crippen molar-refractivity contribution in [2.75, 3.05) is 19.6 Å². The van der Waals surface area contributed by atoms with E-state index < -0.39 is 83.6 Å². The maximum atomic E-state index is 13.8. The summed E-state index contributed by atoms with van der Waals surface area (Å²) in [6, 6.07) is -6.76. The highest BCUT2D eigenvalue weighted by Crippen LogP contribution is 2.26. The molecule has 49 heavy (non-hydrogen) atoms. The van der Waals surface area contributed by atoms with E-state index in [1.807, 2.05) is 0 Å². The van der Waals surface area contributed by atoms with Crippen LogP contribution in [0.4, 0.5) is 0 Å². The molecule has 7 amide bonds. The number of primary amides is 2. The zero-order chi connectivity index (χ0) is 36.8. The van der Waals surface area contributed by atoms with Gasteiger partial charge in [0.2, 0.25) is 41.4 Å². The number of carboxylic acids is 1. The van der Waals surface area contributed by atoms with Crippen LogP contribution in [0, 0.1) is 0 Å². The molecule has 0 aromatic heterocycles. The summed E-state index contributed by atoms with van der Waals surface area (Å²) in [6.45, 7) is 1.98. The fourth-order valence-corrected chi connectivity index (χ4v) is 5.67. The van der Waals surface area contributed by atoms with E-state index in [0.29, 0.717) is 19.3 Å². The van der Waals surface area contributed by atoms with Crippen LogP contribution in [-0.4, -0.2) is 124 Å². The monoisotopic (exact) mass is 695 g/mol. The Morgan fingerprint density at radius 2 is 1.35 bits per heavy atom. The fraction of sp³-hybridized carbons (Fsp3) is 0.690. The molecule has 0 aromatic carbocycles. The van der Waals surface area contributed by atoms with E-state index in [2.05, 4.69) is 20.9 Å². The summed E-state index contributed by atoms with van der Waals surface area (Å²) in [4.78, 5) is 107. The zero-order valence-corrected chi connectivity index (χ0v) is 27.6. The summed E-state index contributed by atoms with van der Waals surface area (Å²) in [6.07, 6.45) is 1.10. The number of carbonyl (C=O) groups is 8. The van der Waals surface area contributed by atoms with Crippen molar-refractivity contribution in [1.82, 2.24) is 25.8 Å². The van der Waals surface area contributed by atoms with E-state index in [1.54, 1.807) is 0 Å². The van der Waals surface area contributed by atoms with Crippen LogP contribution in [0.1, 0.15) is 71.1 Å². The first-order valence-corrected chi connectivity index (χ1v) is 16.2. The number of nitrogens with zero attached hydrogens (tertiary/aromatic N) is 3. The van der Waals surface area contributed by atoms with Crippen molar-refractivity contribution in [3.63, 3.8) is 0 Å². The molecule has 0 radical (unpaired) electrons. The molecule has 2 heterocycles. The summed E-state index contributed by atoms with van der Waals surface area (Å²) in [7, 11) is 0. The molecule has 0 spiro atoms. The third-order valence-corrected chi connectivity index (χ3v) is 8.30. The smallest absolute Gasteiger partial charge is 0.326 e. The molecule has 0 saturated carbocycles. The molecule has 0 unspecified atom stereocenters. The zero-order valence-electron chi connectivity index (χ0n) is 27.6. The minimum absolute atomic E-state index is 0.0955. The number of amides is 7. The molecule has 2 rings (SSSR count). The molecular weight excluding hydrogens is 646 g/mol. The van der Waals surface area contributed by atoms with Crippen molar-refractivity contribution in [3.8, 4) is 0 Å². The Morgan fingerprint density at radius 3 is 1.92 bits per heavy atom. The molecule has 0 aromatic rings. The largest absolute Gasteiger partial charge is 0.480 e. The molecule has 0 aliphatic carbocycles.